The van der Waals surface area contributed by atoms with Crippen LogP contribution in [0.4, 0.5) is 0 Å². The summed E-state index contributed by atoms with van der Waals surface area (Å²) in [7, 11) is 0. The van der Waals surface area contributed by atoms with E-state index in [2.05, 4.69) is 26.1 Å². The second-order valence-electron chi connectivity index (χ2n) is 5.87. The van der Waals surface area contributed by atoms with Crippen LogP contribution in [-0.4, -0.2) is 18.0 Å². The fraction of sp³-hybridized carbons (Fsp3) is 0.929. The fourth-order valence-electron chi connectivity index (χ4n) is 2.93. The Labute approximate surface area is 106 Å². The molecule has 3 unspecified atom stereocenters. The highest BCUT2D eigenvalue weighted by molar-refractivity contribution is 5.81. The number of nitrogens with one attached hydrogen (secondary N) is 1. The van der Waals surface area contributed by atoms with Gasteiger partial charge in [-0.15, -0.1) is 0 Å². The van der Waals surface area contributed by atoms with Gasteiger partial charge >= 0.3 is 0 Å². The van der Waals surface area contributed by atoms with Crippen LogP contribution >= 0.6 is 0 Å². The molecule has 3 atom stereocenters. The summed E-state index contributed by atoms with van der Waals surface area (Å²) >= 11 is 0. The van der Waals surface area contributed by atoms with E-state index in [4.69, 9.17) is 5.73 Å². The average Bonchev–Trinajstić information content (AvgIpc) is 2.24. The molecule has 3 N–H and O–H groups in total. The van der Waals surface area contributed by atoms with Gasteiger partial charge in [-0.25, -0.2) is 0 Å². The second-order valence-corrected chi connectivity index (χ2v) is 5.87. The first-order chi connectivity index (χ1) is 8.02. The summed E-state index contributed by atoms with van der Waals surface area (Å²) in [5.74, 6) is 1.48. The molecule has 1 amide bonds. The lowest BCUT2D eigenvalue weighted by Gasteiger charge is -2.32. The molecule has 0 aromatic heterocycles. The van der Waals surface area contributed by atoms with Gasteiger partial charge in [0.05, 0.1) is 6.04 Å². The van der Waals surface area contributed by atoms with Crippen molar-refractivity contribution >= 4 is 5.91 Å². The quantitative estimate of drug-likeness (QED) is 0.775. The predicted octanol–water partition coefficient (Wildman–Crippen LogP) is 2.44. The fourth-order valence-corrected chi connectivity index (χ4v) is 2.93. The first kappa shape index (κ1) is 14.5. The molecule has 17 heavy (non-hydrogen) atoms. The standard InChI is InChI=1S/C14H28N2O/c1-4-5-6-13(15)14(17)16-12-8-10(2)7-11(3)9-12/h10-13H,4-9,15H2,1-3H3,(H,16,17). The predicted molar refractivity (Wildman–Crippen MR) is 71.6 cm³/mol. The van der Waals surface area contributed by atoms with E-state index in [1.165, 1.54) is 6.42 Å². The van der Waals surface area contributed by atoms with Gasteiger partial charge in [-0.05, 0) is 37.5 Å². The Morgan fingerprint density at radius 1 is 1.29 bits per heavy atom. The highest BCUT2D eigenvalue weighted by atomic mass is 16.2. The number of hydrogen-bond donors (Lipinski definition) is 2. The van der Waals surface area contributed by atoms with Crippen LogP contribution in [0.2, 0.25) is 0 Å². The zero-order chi connectivity index (χ0) is 12.8. The third kappa shape index (κ3) is 5.07. The maximum atomic E-state index is 11.9. The van der Waals surface area contributed by atoms with Gasteiger partial charge < -0.3 is 11.1 Å². The van der Waals surface area contributed by atoms with Gasteiger partial charge in [0, 0.05) is 6.04 Å². The molecule has 0 spiro atoms. The first-order valence-corrected chi connectivity index (χ1v) is 7.08. The van der Waals surface area contributed by atoms with Crippen molar-refractivity contribution in [2.24, 2.45) is 17.6 Å². The normalized spacial score (nSPS) is 30.9. The van der Waals surface area contributed by atoms with E-state index in [9.17, 15) is 4.79 Å². The minimum atomic E-state index is -0.317. The molecule has 1 saturated carbocycles. The summed E-state index contributed by atoms with van der Waals surface area (Å²) in [5, 5.41) is 3.12. The zero-order valence-corrected chi connectivity index (χ0v) is 11.5. The molecule has 1 aliphatic rings. The largest absolute Gasteiger partial charge is 0.352 e. The monoisotopic (exact) mass is 240 g/mol. The Morgan fingerprint density at radius 2 is 1.88 bits per heavy atom. The maximum Gasteiger partial charge on any atom is 0.237 e. The Morgan fingerprint density at radius 3 is 2.41 bits per heavy atom. The number of carbonyl (C=O) groups is 1. The van der Waals surface area contributed by atoms with Gasteiger partial charge in [0.25, 0.3) is 0 Å². The number of amides is 1. The summed E-state index contributed by atoms with van der Waals surface area (Å²) in [6.45, 7) is 6.66. The summed E-state index contributed by atoms with van der Waals surface area (Å²) in [6, 6.07) is 0.0245. The van der Waals surface area contributed by atoms with Crippen molar-refractivity contribution in [1.82, 2.24) is 5.32 Å². The van der Waals surface area contributed by atoms with Crippen LogP contribution in [0.5, 0.6) is 0 Å². The third-order valence-electron chi connectivity index (χ3n) is 3.73. The lowest BCUT2D eigenvalue weighted by Crippen LogP contribution is -2.47. The summed E-state index contributed by atoms with van der Waals surface area (Å²) in [4.78, 5) is 11.9. The number of hydrogen-bond acceptors (Lipinski definition) is 2. The number of unbranched alkanes of at least 4 members (excludes halogenated alkanes) is 1. The highest BCUT2D eigenvalue weighted by Crippen LogP contribution is 2.28. The molecule has 1 rings (SSSR count). The molecule has 0 radical (unpaired) electrons. The van der Waals surface area contributed by atoms with Gasteiger partial charge in [-0.3, -0.25) is 4.79 Å². The van der Waals surface area contributed by atoms with E-state index in [0.29, 0.717) is 6.04 Å². The van der Waals surface area contributed by atoms with Crippen LogP contribution in [0.3, 0.4) is 0 Å². The molecule has 0 aliphatic heterocycles. The molecule has 1 fully saturated rings. The summed E-state index contributed by atoms with van der Waals surface area (Å²) in [6.07, 6.45) is 6.44. The van der Waals surface area contributed by atoms with Gasteiger partial charge in [0.1, 0.15) is 0 Å². The van der Waals surface area contributed by atoms with E-state index in [1.54, 1.807) is 0 Å². The molecule has 1 aliphatic carbocycles. The minimum Gasteiger partial charge on any atom is -0.352 e. The SMILES string of the molecule is CCCCC(N)C(=O)NC1CC(C)CC(C)C1. The van der Waals surface area contributed by atoms with E-state index >= 15 is 0 Å². The van der Waals surface area contributed by atoms with Gasteiger partial charge in [-0.1, -0.05) is 33.6 Å². The molecule has 0 heterocycles. The maximum absolute atomic E-state index is 11.9. The molecule has 3 heteroatoms. The van der Waals surface area contributed by atoms with Crippen molar-refractivity contribution in [3.63, 3.8) is 0 Å². The van der Waals surface area contributed by atoms with Crippen LogP contribution in [0.15, 0.2) is 0 Å². The smallest absolute Gasteiger partial charge is 0.237 e. The molecule has 0 bridgehead atoms. The molecule has 0 aromatic rings. The van der Waals surface area contributed by atoms with Crippen molar-refractivity contribution in [2.45, 2.75) is 71.4 Å². The first-order valence-electron chi connectivity index (χ1n) is 7.08. The Hall–Kier alpha value is -0.570. The zero-order valence-electron chi connectivity index (χ0n) is 11.5. The van der Waals surface area contributed by atoms with Crippen LogP contribution in [0.1, 0.15) is 59.3 Å². The Balaban J connectivity index is 2.34. The average molecular weight is 240 g/mol. The molecular weight excluding hydrogens is 212 g/mol. The third-order valence-corrected chi connectivity index (χ3v) is 3.73. The lowest BCUT2D eigenvalue weighted by atomic mass is 9.80. The van der Waals surface area contributed by atoms with Gasteiger partial charge in [0.2, 0.25) is 5.91 Å². The van der Waals surface area contributed by atoms with Crippen molar-refractivity contribution < 1.29 is 4.79 Å². The summed E-state index contributed by atoms with van der Waals surface area (Å²) < 4.78 is 0. The molecular formula is C14H28N2O. The number of nitrogens with two attached hydrogens (primary N) is 1. The van der Waals surface area contributed by atoms with E-state index in [1.807, 2.05) is 0 Å². The Kier molecular flexibility index (Phi) is 5.96. The molecule has 0 aromatic carbocycles. The van der Waals surface area contributed by atoms with Crippen LogP contribution in [0.25, 0.3) is 0 Å². The topological polar surface area (TPSA) is 55.1 Å². The summed E-state index contributed by atoms with van der Waals surface area (Å²) in [5.41, 5.74) is 5.88. The number of carbonyl (C=O) groups excluding carboxylic acids is 1. The number of rotatable bonds is 5. The van der Waals surface area contributed by atoms with Gasteiger partial charge in [-0.2, -0.15) is 0 Å². The molecule has 100 valence electrons. The van der Waals surface area contributed by atoms with Gasteiger partial charge in [0.15, 0.2) is 0 Å². The van der Waals surface area contributed by atoms with Crippen molar-refractivity contribution in [3.8, 4) is 0 Å². The molecule has 3 nitrogen and oxygen atoms in total. The minimum absolute atomic E-state index is 0.0461. The van der Waals surface area contributed by atoms with Crippen LogP contribution in [-0.2, 0) is 4.79 Å². The van der Waals surface area contributed by atoms with Crippen LogP contribution in [0, 0.1) is 11.8 Å². The van der Waals surface area contributed by atoms with Crippen molar-refractivity contribution in [1.29, 1.82) is 0 Å². The lowest BCUT2D eigenvalue weighted by molar-refractivity contribution is -0.123. The van der Waals surface area contributed by atoms with E-state index in [0.717, 1.165) is 43.9 Å². The van der Waals surface area contributed by atoms with Crippen molar-refractivity contribution in [3.05, 3.63) is 0 Å². The van der Waals surface area contributed by atoms with Crippen molar-refractivity contribution in [2.75, 3.05) is 0 Å². The highest BCUT2D eigenvalue weighted by Gasteiger charge is 2.26. The Bertz CT molecular complexity index is 232. The second kappa shape index (κ2) is 7.00. The van der Waals surface area contributed by atoms with E-state index in [-0.39, 0.29) is 11.9 Å². The van der Waals surface area contributed by atoms with Crippen LogP contribution < -0.4 is 11.1 Å². The van der Waals surface area contributed by atoms with E-state index < -0.39 is 0 Å². The molecule has 0 saturated heterocycles.